The minimum Gasteiger partial charge on any atom is -0.478 e. The van der Waals surface area contributed by atoms with E-state index in [-0.39, 0.29) is 11.4 Å². The standard InChI is InChI=1S/C13H10BrNO3/c1-8-2-3-11(10(14)6-8)18-12-7-9(13(16)17)4-5-15-12/h2-7H,1H3,(H,16,17). The maximum atomic E-state index is 10.8. The van der Waals surface area contributed by atoms with Crippen molar-refractivity contribution >= 4 is 21.9 Å². The monoisotopic (exact) mass is 307 g/mol. The Morgan fingerprint density at radius 3 is 2.78 bits per heavy atom. The fourth-order valence-electron chi connectivity index (χ4n) is 1.40. The SMILES string of the molecule is Cc1ccc(Oc2cc(C(=O)O)ccn2)c(Br)c1. The number of aryl methyl sites for hydroxylation is 1. The lowest BCUT2D eigenvalue weighted by Gasteiger charge is -2.07. The molecule has 1 N–H and O–H groups in total. The molecule has 4 nitrogen and oxygen atoms in total. The van der Waals surface area contributed by atoms with E-state index in [4.69, 9.17) is 9.84 Å². The smallest absolute Gasteiger partial charge is 0.335 e. The molecule has 18 heavy (non-hydrogen) atoms. The van der Waals surface area contributed by atoms with Gasteiger partial charge in [-0.25, -0.2) is 9.78 Å². The van der Waals surface area contributed by atoms with Crippen LogP contribution in [0.15, 0.2) is 41.0 Å². The molecule has 0 unspecified atom stereocenters. The van der Waals surface area contributed by atoms with Crippen molar-refractivity contribution in [2.24, 2.45) is 0 Å². The number of aromatic carboxylic acids is 1. The minimum absolute atomic E-state index is 0.142. The predicted molar refractivity (Wildman–Crippen MR) is 70.1 cm³/mol. The third-order valence-corrected chi connectivity index (χ3v) is 2.90. The Bertz CT molecular complexity index is 599. The first-order valence-electron chi connectivity index (χ1n) is 5.19. The average Bonchev–Trinajstić information content (AvgIpc) is 2.33. The van der Waals surface area contributed by atoms with Crippen molar-refractivity contribution in [3.8, 4) is 11.6 Å². The molecule has 0 fully saturated rings. The number of halogens is 1. The molecule has 0 amide bonds. The Hall–Kier alpha value is -1.88. The lowest BCUT2D eigenvalue weighted by atomic mass is 10.2. The van der Waals surface area contributed by atoms with Crippen LogP contribution >= 0.6 is 15.9 Å². The summed E-state index contributed by atoms with van der Waals surface area (Å²) in [5.74, 6) is -0.166. The van der Waals surface area contributed by atoms with Crippen LogP contribution in [0.2, 0.25) is 0 Å². The van der Waals surface area contributed by atoms with Gasteiger partial charge in [0.15, 0.2) is 0 Å². The van der Waals surface area contributed by atoms with Crippen LogP contribution < -0.4 is 4.74 Å². The van der Waals surface area contributed by atoms with Crippen LogP contribution in [0.25, 0.3) is 0 Å². The number of benzene rings is 1. The zero-order chi connectivity index (χ0) is 13.1. The van der Waals surface area contributed by atoms with E-state index < -0.39 is 5.97 Å². The van der Waals surface area contributed by atoms with Crippen molar-refractivity contribution in [2.75, 3.05) is 0 Å². The highest BCUT2D eigenvalue weighted by Gasteiger charge is 2.07. The highest BCUT2D eigenvalue weighted by Crippen LogP contribution is 2.29. The molecule has 1 aromatic carbocycles. The van der Waals surface area contributed by atoms with Crippen molar-refractivity contribution < 1.29 is 14.6 Å². The molecule has 0 spiro atoms. The van der Waals surface area contributed by atoms with Crippen molar-refractivity contribution in [3.63, 3.8) is 0 Å². The molecule has 5 heteroatoms. The van der Waals surface area contributed by atoms with Crippen LogP contribution in [0.5, 0.6) is 11.6 Å². The van der Waals surface area contributed by atoms with Crippen molar-refractivity contribution in [1.82, 2.24) is 4.98 Å². The molecule has 2 aromatic rings. The highest BCUT2D eigenvalue weighted by atomic mass is 79.9. The summed E-state index contributed by atoms with van der Waals surface area (Å²) in [4.78, 5) is 14.8. The van der Waals surface area contributed by atoms with Gasteiger partial charge in [-0.3, -0.25) is 0 Å². The van der Waals surface area contributed by atoms with Gasteiger partial charge in [-0.2, -0.15) is 0 Å². The van der Waals surface area contributed by atoms with Gasteiger partial charge >= 0.3 is 5.97 Å². The average molecular weight is 308 g/mol. The number of carbonyl (C=O) groups is 1. The molecule has 2 rings (SSSR count). The third kappa shape index (κ3) is 2.87. The minimum atomic E-state index is -1.01. The number of nitrogens with zero attached hydrogens (tertiary/aromatic N) is 1. The predicted octanol–water partition coefficient (Wildman–Crippen LogP) is 3.64. The lowest BCUT2D eigenvalue weighted by Crippen LogP contribution is -1.97. The van der Waals surface area contributed by atoms with Gasteiger partial charge in [0, 0.05) is 12.3 Å². The maximum absolute atomic E-state index is 10.8. The number of pyridine rings is 1. The second-order valence-electron chi connectivity index (χ2n) is 3.72. The van der Waals surface area contributed by atoms with E-state index in [1.54, 1.807) is 6.07 Å². The Balaban J connectivity index is 2.28. The molecular weight excluding hydrogens is 298 g/mol. The van der Waals surface area contributed by atoms with E-state index in [2.05, 4.69) is 20.9 Å². The zero-order valence-electron chi connectivity index (χ0n) is 9.55. The molecule has 92 valence electrons. The second kappa shape index (κ2) is 5.18. The highest BCUT2D eigenvalue weighted by molar-refractivity contribution is 9.10. The van der Waals surface area contributed by atoms with Crippen LogP contribution in [0, 0.1) is 6.92 Å². The summed E-state index contributed by atoms with van der Waals surface area (Å²) in [7, 11) is 0. The van der Waals surface area contributed by atoms with E-state index in [0.717, 1.165) is 10.0 Å². The largest absolute Gasteiger partial charge is 0.478 e. The molecule has 0 saturated carbocycles. The van der Waals surface area contributed by atoms with E-state index in [9.17, 15) is 4.79 Å². The van der Waals surface area contributed by atoms with E-state index in [1.165, 1.54) is 18.3 Å². The summed E-state index contributed by atoms with van der Waals surface area (Å²) in [6.45, 7) is 1.97. The first kappa shape index (κ1) is 12.6. The summed E-state index contributed by atoms with van der Waals surface area (Å²) < 4.78 is 6.33. The van der Waals surface area contributed by atoms with Gasteiger partial charge in [0.1, 0.15) is 5.75 Å². The van der Waals surface area contributed by atoms with Crippen LogP contribution in [0.3, 0.4) is 0 Å². The van der Waals surface area contributed by atoms with Crippen molar-refractivity contribution in [1.29, 1.82) is 0 Å². The van der Waals surface area contributed by atoms with Crippen molar-refractivity contribution in [3.05, 3.63) is 52.1 Å². The summed E-state index contributed by atoms with van der Waals surface area (Å²) in [6, 6.07) is 8.42. The van der Waals surface area contributed by atoms with Gasteiger partial charge in [-0.15, -0.1) is 0 Å². The Morgan fingerprint density at radius 2 is 2.11 bits per heavy atom. The van der Waals surface area contributed by atoms with Crippen LogP contribution in [0.4, 0.5) is 0 Å². The summed E-state index contributed by atoms with van der Waals surface area (Å²) >= 11 is 3.38. The quantitative estimate of drug-likeness (QED) is 0.940. The maximum Gasteiger partial charge on any atom is 0.335 e. The molecule has 0 aliphatic heterocycles. The van der Waals surface area contributed by atoms with Gasteiger partial charge in [-0.1, -0.05) is 6.07 Å². The van der Waals surface area contributed by atoms with E-state index in [1.807, 2.05) is 19.1 Å². The molecule has 1 aromatic heterocycles. The molecule has 0 radical (unpaired) electrons. The molecule has 0 atom stereocenters. The lowest BCUT2D eigenvalue weighted by molar-refractivity contribution is 0.0696. The zero-order valence-corrected chi connectivity index (χ0v) is 11.1. The molecule has 0 bridgehead atoms. The second-order valence-corrected chi connectivity index (χ2v) is 4.58. The van der Waals surface area contributed by atoms with E-state index in [0.29, 0.717) is 5.75 Å². The van der Waals surface area contributed by atoms with E-state index >= 15 is 0 Å². The van der Waals surface area contributed by atoms with Gasteiger partial charge in [0.2, 0.25) is 5.88 Å². The fraction of sp³-hybridized carbons (Fsp3) is 0.0769. The van der Waals surface area contributed by atoms with Gasteiger partial charge in [0.25, 0.3) is 0 Å². The first-order chi connectivity index (χ1) is 8.56. The number of aromatic nitrogens is 1. The van der Waals surface area contributed by atoms with Gasteiger partial charge in [0.05, 0.1) is 10.0 Å². The summed E-state index contributed by atoms with van der Waals surface area (Å²) in [5, 5.41) is 8.87. The number of rotatable bonds is 3. The molecule has 0 saturated heterocycles. The number of ether oxygens (including phenoxy) is 1. The topological polar surface area (TPSA) is 59.4 Å². The summed E-state index contributed by atoms with van der Waals surface area (Å²) in [6.07, 6.45) is 1.40. The number of carboxylic acid groups (broad SMARTS) is 1. The third-order valence-electron chi connectivity index (χ3n) is 2.28. The Morgan fingerprint density at radius 1 is 1.33 bits per heavy atom. The van der Waals surface area contributed by atoms with Crippen LogP contribution in [0.1, 0.15) is 15.9 Å². The van der Waals surface area contributed by atoms with Gasteiger partial charge in [-0.05, 0) is 46.6 Å². The van der Waals surface area contributed by atoms with Gasteiger partial charge < -0.3 is 9.84 Å². The molecule has 1 heterocycles. The number of hydrogen-bond acceptors (Lipinski definition) is 3. The molecule has 0 aliphatic rings. The van der Waals surface area contributed by atoms with Crippen LogP contribution in [-0.2, 0) is 0 Å². The Labute approximate surface area is 112 Å². The number of hydrogen-bond donors (Lipinski definition) is 1. The number of carboxylic acids is 1. The summed E-state index contributed by atoms with van der Waals surface area (Å²) in [5.41, 5.74) is 1.24. The first-order valence-corrected chi connectivity index (χ1v) is 5.99. The normalized spacial score (nSPS) is 10.1. The fourth-order valence-corrected chi connectivity index (χ4v) is 1.97. The molecular formula is C13H10BrNO3. The Kier molecular flexibility index (Phi) is 3.62. The van der Waals surface area contributed by atoms with Crippen LogP contribution in [-0.4, -0.2) is 16.1 Å². The molecule has 0 aliphatic carbocycles. The van der Waals surface area contributed by atoms with Crippen molar-refractivity contribution in [2.45, 2.75) is 6.92 Å².